The van der Waals surface area contributed by atoms with Crippen molar-refractivity contribution in [3.05, 3.63) is 17.5 Å². The van der Waals surface area contributed by atoms with Gasteiger partial charge in [-0.1, -0.05) is 0 Å². The molecule has 0 radical (unpaired) electrons. The second-order valence-corrected chi connectivity index (χ2v) is 9.21. The lowest BCUT2D eigenvalue weighted by Crippen LogP contribution is -2.49. The van der Waals surface area contributed by atoms with E-state index in [4.69, 9.17) is 5.26 Å². The maximum atomic E-state index is 12.4. The number of aromatic nitrogens is 2. The highest BCUT2D eigenvalue weighted by Gasteiger charge is 2.29. The fourth-order valence-corrected chi connectivity index (χ4v) is 5.40. The van der Waals surface area contributed by atoms with Crippen LogP contribution in [0.4, 0.5) is 5.95 Å². The molecule has 2 aliphatic rings. The van der Waals surface area contributed by atoms with Gasteiger partial charge in [-0.15, -0.1) is 0 Å². The Morgan fingerprint density at radius 1 is 1.31 bits per heavy atom. The minimum absolute atomic E-state index is 0.0804. The SMILES string of the molecule is Cc1cc(C#N)nc(N2CCN(C(=O)CCC3CCS(=O)(=O)C3)CC2)n1. The minimum Gasteiger partial charge on any atom is -0.339 e. The van der Waals surface area contributed by atoms with E-state index >= 15 is 0 Å². The second kappa shape index (κ2) is 7.58. The molecule has 140 valence electrons. The van der Waals surface area contributed by atoms with Gasteiger partial charge in [-0.25, -0.2) is 18.4 Å². The van der Waals surface area contributed by atoms with Crippen LogP contribution in [0.5, 0.6) is 0 Å². The van der Waals surface area contributed by atoms with Crippen LogP contribution in [0.1, 0.15) is 30.7 Å². The number of amides is 1. The Bertz CT molecular complexity index is 825. The molecule has 0 aliphatic carbocycles. The number of nitriles is 1. The van der Waals surface area contributed by atoms with E-state index in [2.05, 4.69) is 9.97 Å². The van der Waals surface area contributed by atoms with Crippen molar-refractivity contribution in [2.24, 2.45) is 5.92 Å². The summed E-state index contributed by atoms with van der Waals surface area (Å²) in [6.07, 6.45) is 1.72. The Morgan fingerprint density at radius 3 is 2.65 bits per heavy atom. The van der Waals surface area contributed by atoms with E-state index < -0.39 is 9.84 Å². The molecule has 9 heteroatoms. The van der Waals surface area contributed by atoms with Crippen LogP contribution in [0.2, 0.25) is 0 Å². The third-order valence-electron chi connectivity index (χ3n) is 4.97. The molecule has 1 amide bonds. The average Bonchev–Trinajstić information content (AvgIpc) is 2.98. The predicted octanol–water partition coefficient (Wildman–Crippen LogP) is 0.520. The molecule has 2 saturated heterocycles. The largest absolute Gasteiger partial charge is 0.339 e. The summed E-state index contributed by atoms with van der Waals surface area (Å²) in [5.74, 6) is 1.21. The number of sulfone groups is 1. The summed E-state index contributed by atoms with van der Waals surface area (Å²) in [6.45, 7) is 4.24. The van der Waals surface area contributed by atoms with Crippen molar-refractivity contribution in [3.63, 3.8) is 0 Å². The lowest BCUT2D eigenvalue weighted by Gasteiger charge is -2.35. The molecule has 3 rings (SSSR count). The zero-order valence-corrected chi connectivity index (χ0v) is 15.7. The van der Waals surface area contributed by atoms with Gasteiger partial charge < -0.3 is 9.80 Å². The Balaban J connectivity index is 1.50. The first-order valence-electron chi connectivity index (χ1n) is 8.85. The molecule has 1 aromatic heterocycles. The first kappa shape index (κ1) is 18.6. The molecular weight excluding hydrogens is 354 g/mol. The van der Waals surface area contributed by atoms with Crippen LogP contribution in [0.15, 0.2) is 6.07 Å². The highest BCUT2D eigenvalue weighted by Crippen LogP contribution is 2.23. The molecule has 1 atom stereocenters. The Morgan fingerprint density at radius 2 is 2.04 bits per heavy atom. The van der Waals surface area contributed by atoms with Crippen LogP contribution >= 0.6 is 0 Å². The van der Waals surface area contributed by atoms with Gasteiger partial charge in [-0.05, 0) is 31.7 Å². The molecule has 0 aromatic carbocycles. The Kier molecular flexibility index (Phi) is 5.41. The number of hydrogen-bond donors (Lipinski definition) is 0. The van der Waals surface area contributed by atoms with Crippen molar-refractivity contribution in [2.75, 3.05) is 42.6 Å². The summed E-state index contributed by atoms with van der Waals surface area (Å²) in [4.78, 5) is 24.8. The summed E-state index contributed by atoms with van der Waals surface area (Å²) >= 11 is 0. The summed E-state index contributed by atoms with van der Waals surface area (Å²) in [6, 6.07) is 3.68. The fraction of sp³-hybridized carbons (Fsp3) is 0.647. The van der Waals surface area contributed by atoms with Crippen molar-refractivity contribution in [1.29, 1.82) is 5.26 Å². The molecule has 3 heterocycles. The van der Waals surface area contributed by atoms with Crippen molar-refractivity contribution < 1.29 is 13.2 Å². The summed E-state index contributed by atoms with van der Waals surface area (Å²) in [7, 11) is -2.88. The van der Waals surface area contributed by atoms with E-state index in [1.165, 1.54) is 0 Å². The normalized spacial score (nSPS) is 22.2. The summed E-state index contributed by atoms with van der Waals surface area (Å²) < 4.78 is 23.0. The average molecular weight is 377 g/mol. The molecule has 2 aliphatic heterocycles. The van der Waals surface area contributed by atoms with Crippen LogP contribution in [-0.2, 0) is 14.6 Å². The van der Waals surface area contributed by atoms with Gasteiger partial charge in [0.25, 0.3) is 0 Å². The lowest BCUT2D eigenvalue weighted by molar-refractivity contribution is -0.131. The zero-order valence-electron chi connectivity index (χ0n) is 14.9. The first-order valence-corrected chi connectivity index (χ1v) is 10.7. The number of nitrogens with zero attached hydrogens (tertiary/aromatic N) is 5. The monoisotopic (exact) mass is 377 g/mol. The molecule has 26 heavy (non-hydrogen) atoms. The highest BCUT2D eigenvalue weighted by atomic mass is 32.2. The van der Waals surface area contributed by atoms with Crippen molar-refractivity contribution in [3.8, 4) is 6.07 Å². The smallest absolute Gasteiger partial charge is 0.226 e. The van der Waals surface area contributed by atoms with Gasteiger partial charge in [0.15, 0.2) is 9.84 Å². The van der Waals surface area contributed by atoms with Gasteiger partial charge in [0.2, 0.25) is 11.9 Å². The maximum absolute atomic E-state index is 12.4. The molecule has 0 N–H and O–H groups in total. The Labute approximate surface area is 153 Å². The van der Waals surface area contributed by atoms with Gasteiger partial charge in [-0.3, -0.25) is 4.79 Å². The van der Waals surface area contributed by atoms with Crippen molar-refractivity contribution in [2.45, 2.75) is 26.2 Å². The molecule has 8 nitrogen and oxygen atoms in total. The number of aryl methyl sites for hydroxylation is 1. The molecular formula is C17H23N5O3S. The van der Waals surface area contributed by atoms with Crippen LogP contribution < -0.4 is 4.90 Å². The topological polar surface area (TPSA) is 107 Å². The number of carbonyl (C=O) groups excluding carboxylic acids is 1. The maximum Gasteiger partial charge on any atom is 0.226 e. The Hall–Kier alpha value is -2.21. The van der Waals surface area contributed by atoms with E-state index in [-0.39, 0.29) is 23.3 Å². The summed E-state index contributed by atoms with van der Waals surface area (Å²) in [5, 5.41) is 9.03. The predicted molar refractivity (Wildman–Crippen MR) is 96.3 cm³/mol. The van der Waals surface area contributed by atoms with E-state index in [0.29, 0.717) is 57.1 Å². The van der Waals surface area contributed by atoms with Crippen LogP contribution in [0.3, 0.4) is 0 Å². The van der Waals surface area contributed by atoms with Crippen LogP contribution in [-0.4, -0.2) is 66.9 Å². The van der Waals surface area contributed by atoms with Crippen LogP contribution in [0.25, 0.3) is 0 Å². The van der Waals surface area contributed by atoms with Gasteiger partial charge in [-0.2, -0.15) is 5.26 Å². The van der Waals surface area contributed by atoms with Gasteiger partial charge >= 0.3 is 0 Å². The van der Waals surface area contributed by atoms with E-state index in [1.807, 2.05) is 22.8 Å². The molecule has 1 aromatic rings. The van der Waals surface area contributed by atoms with Crippen molar-refractivity contribution >= 4 is 21.7 Å². The van der Waals surface area contributed by atoms with E-state index in [9.17, 15) is 13.2 Å². The quantitative estimate of drug-likeness (QED) is 0.753. The standard InChI is InChI=1S/C17H23N5O3S/c1-13-10-15(11-18)20-17(19-13)22-7-5-21(6-8-22)16(23)3-2-14-4-9-26(24,25)12-14/h10,14H,2-9,12H2,1H3. The zero-order chi connectivity index (χ0) is 18.7. The number of hydrogen-bond acceptors (Lipinski definition) is 7. The number of piperazine rings is 1. The third-order valence-corrected chi connectivity index (χ3v) is 6.80. The molecule has 1 unspecified atom stereocenters. The fourth-order valence-electron chi connectivity index (χ4n) is 3.49. The van der Waals surface area contributed by atoms with Crippen LogP contribution in [0, 0.1) is 24.2 Å². The van der Waals surface area contributed by atoms with Gasteiger partial charge in [0, 0.05) is 38.3 Å². The van der Waals surface area contributed by atoms with Gasteiger partial charge in [0.1, 0.15) is 11.8 Å². The first-order chi connectivity index (χ1) is 12.4. The van der Waals surface area contributed by atoms with Crippen molar-refractivity contribution in [1.82, 2.24) is 14.9 Å². The van der Waals surface area contributed by atoms with E-state index in [1.54, 1.807) is 6.07 Å². The molecule has 0 saturated carbocycles. The molecule has 0 spiro atoms. The number of carbonyl (C=O) groups is 1. The van der Waals surface area contributed by atoms with Gasteiger partial charge in [0.05, 0.1) is 11.5 Å². The third kappa shape index (κ3) is 4.49. The van der Waals surface area contributed by atoms with E-state index in [0.717, 1.165) is 5.69 Å². The molecule has 2 fully saturated rings. The molecule has 0 bridgehead atoms. The number of anilines is 1. The lowest BCUT2D eigenvalue weighted by atomic mass is 10.0. The highest BCUT2D eigenvalue weighted by molar-refractivity contribution is 7.91. The minimum atomic E-state index is -2.88. The second-order valence-electron chi connectivity index (χ2n) is 6.98. The number of rotatable bonds is 4. The summed E-state index contributed by atoms with van der Waals surface area (Å²) in [5.41, 5.74) is 1.09.